The van der Waals surface area contributed by atoms with Crippen LogP contribution in [0.5, 0.6) is 5.75 Å². The Kier molecular flexibility index (Phi) is 5.92. The van der Waals surface area contributed by atoms with Crippen molar-refractivity contribution in [2.24, 2.45) is 0 Å². The van der Waals surface area contributed by atoms with Gasteiger partial charge in [0.2, 0.25) is 11.6 Å². The Balaban J connectivity index is 2.09. The summed E-state index contributed by atoms with van der Waals surface area (Å²) in [5.74, 6) is -1.44. The summed E-state index contributed by atoms with van der Waals surface area (Å²) in [5.41, 5.74) is -0.309. The van der Waals surface area contributed by atoms with Crippen LogP contribution in [0.1, 0.15) is 11.6 Å². The monoisotopic (exact) mass is 439 g/mol. The first-order chi connectivity index (χ1) is 14.2. The average molecular weight is 440 g/mol. The van der Waals surface area contributed by atoms with E-state index in [0.29, 0.717) is 16.0 Å². The van der Waals surface area contributed by atoms with E-state index in [4.69, 9.17) is 16.3 Å². The van der Waals surface area contributed by atoms with Crippen molar-refractivity contribution >= 4 is 23.0 Å². The molecule has 0 bridgehead atoms. The Morgan fingerprint density at radius 2 is 1.80 bits per heavy atom. The predicted octanol–water partition coefficient (Wildman–Crippen LogP) is 4.64. The fraction of sp³-hybridized carbons (Fsp3) is 0.111. The maximum absolute atomic E-state index is 13.4. The van der Waals surface area contributed by atoms with Crippen LogP contribution in [0.4, 0.5) is 18.9 Å². The zero-order valence-corrected chi connectivity index (χ0v) is 16.0. The van der Waals surface area contributed by atoms with E-state index in [1.54, 1.807) is 24.3 Å². The summed E-state index contributed by atoms with van der Waals surface area (Å²) in [7, 11) is 1.48. The topological polar surface area (TPSA) is 95.1 Å². The lowest BCUT2D eigenvalue weighted by molar-refractivity contribution is -0.376. The summed E-state index contributed by atoms with van der Waals surface area (Å²) in [5, 5.41) is 21.1. The second-order valence-electron chi connectivity index (χ2n) is 5.82. The minimum atomic E-state index is -4.89. The lowest BCUT2D eigenvalue weighted by atomic mass is 10.3. The molecule has 1 heterocycles. The van der Waals surface area contributed by atoms with Gasteiger partial charge in [0.05, 0.1) is 18.2 Å². The lowest BCUT2D eigenvalue weighted by Gasteiger charge is -2.11. The Bertz CT molecular complexity index is 1080. The van der Waals surface area contributed by atoms with E-state index in [1.807, 2.05) is 0 Å². The molecule has 3 rings (SSSR count). The highest BCUT2D eigenvalue weighted by Gasteiger charge is 2.41. The first kappa shape index (κ1) is 21.1. The molecule has 0 aliphatic rings. The fourth-order valence-electron chi connectivity index (χ4n) is 2.51. The van der Waals surface area contributed by atoms with Crippen molar-refractivity contribution in [1.82, 2.24) is 14.8 Å². The number of benzene rings is 2. The first-order valence-electron chi connectivity index (χ1n) is 8.25. The summed E-state index contributed by atoms with van der Waals surface area (Å²) in [6.45, 7) is 0. The summed E-state index contributed by atoms with van der Waals surface area (Å²) < 4.78 is 45.9. The molecule has 30 heavy (non-hydrogen) atoms. The fourth-order valence-corrected chi connectivity index (χ4v) is 2.63. The summed E-state index contributed by atoms with van der Waals surface area (Å²) in [6.07, 6.45) is -3.95. The maximum Gasteiger partial charge on any atom is 0.452 e. The number of alkyl halides is 3. The van der Waals surface area contributed by atoms with Crippen LogP contribution in [0.15, 0.2) is 54.7 Å². The van der Waals surface area contributed by atoms with Gasteiger partial charge < -0.3 is 10.1 Å². The van der Waals surface area contributed by atoms with Crippen molar-refractivity contribution in [2.75, 3.05) is 12.4 Å². The minimum absolute atomic E-state index is 0.0380. The Hall–Kier alpha value is -3.60. The molecule has 0 atom stereocenters. The summed E-state index contributed by atoms with van der Waals surface area (Å²) in [4.78, 5) is 10.8. The second-order valence-corrected chi connectivity index (χ2v) is 6.25. The highest BCUT2D eigenvalue weighted by Crippen LogP contribution is 2.32. The molecule has 1 N–H and O–H groups in total. The van der Waals surface area contributed by atoms with Crippen LogP contribution in [0.2, 0.25) is 5.02 Å². The Morgan fingerprint density at radius 3 is 2.33 bits per heavy atom. The van der Waals surface area contributed by atoms with Gasteiger partial charge in [-0.2, -0.15) is 13.2 Å². The summed E-state index contributed by atoms with van der Waals surface area (Å²) in [6, 6.07) is 11.6. The zero-order valence-electron chi connectivity index (χ0n) is 15.2. The van der Waals surface area contributed by atoms with Gasteiger partial charge in [-0.05, 0) is 48.5 Å². The molecule has 12 heteroatoms. The largest absolute Gasteiger partial charge is 0.497 e. The third-order valence-electron chi connectivity index (χ3n) is 3.89. The van der Waals surface area contributed by atoms with Crippen LogP contribution in [-0.2, 0) is 6.18 Å². The predicted molar refractivity (Wildman–Crippen MR) is 103 cm³/mol. The normalized spacial score (nSPS) is 12.0. The first-order valence-corrected chi connectivity index (χ1v) is 8.62. The van der Waals surface area contributed by atoms with Crippen molar-refractivity contribution in [2.45, 2.75) is 6.18 Å². The van der Waals surface area contributed by atoms with Crippen molar-refractivity contribution in [3.05, 3.63) is 81.5 Å². The molecule has 0 saturated heterocycles. The quantitative estimate of drug-likeness (QED) is 0.444. The number of ether oxygens (including phenoxy) is 1. The van der Waals surface area contributed by atoms with Gasteiger partial charge in [0, 0.05) is 16.4 Å². The SMILES string of the molecule is COc1ccc(N/C=C(/c2nnc(C(F)(F)F)n2-c2ccc(Cl)cc2)[N+](=O)[O-])cc1. The minimum Gasteiger partial charge on any atom is -0.497 e. The van der Waals surface area contributed by atoms with Gasteiger partial charge in [0.25, 0.3) is 0 Å². The van der Waals surface area contributed by atoms with Gasteiger partial charge in [-0.1, -0.05) is 11.6 Å². The van der Waals surface area contributed by atoms with Gasteiger partial charge in [-0.25, -0.2) is 0 Å². The second kappa shape index (κ2) is 8.41. The molecule has 0 radical (unpaired) electrons. The van der Waals surface area contributed by atoms with Crippen LogP contribution in [0.25, 0.3) is 11.4 Å². The maximum atomic E-state index is 13.4. The molecule has 0 aliphatic carbocycles. The van der Waals surface area contributed by atoms with E-state index in [0.717, 1.165) is 6.20 Å². The Labute approximate surface area is 172 Å². The molecule has 0 saturated carbocycles. The molecule has 0 spiro atoms. The van der Waals surface area contributed by atoms with Crippen molar-refractivity contribution in [3.63, 3.8) is 0 Å². The average Bonchev–Trinajstić information content (AvgIpc) is 3.14. The van der Waals surface area contributed by atoms with Gasteiger partial charge in [-0.15, -0.1) is 10.2 Å². The number of methoxy groups -OCH3 is 1. The molecule has 156 valence electrons. The number of hydrogen-bond acceptors (Lipinski definition) is 6. The molecule has 8 nitrogen and oxygen atoms in total. The molecular formula is C18H13ClF3N5O3. The van der Waals surface area contributed by atoms with Gasteiger partial charge in [0.15, 0.2) is 0 Å². The van der Waals surface area contributed by atoms with Gasteiger partial charge in [-0.3, -0.25) is 14.7 Å². The van der Waals surface area contributed by atoms with E-state index < -0.39 is 28.4 Å². The van der Waals surface area contributed by atoms with Crippen molar-refractivity contribution in [3.8, 4) is 11.4 Å². The third-order valence-corrected chi connectivity index (χ3v) is 4.14. The number of halogens is 4. The van der Waals surface area contributed by atoms with Crippen molar-refractivity contribution in [1.29, 1.82) is 0 Å². The third kappa shape index (κ3) is 4.51. The van der Waals surface area contributed by atoms with Crippen LogP contribution >= 0.6 is 11.6 Å². The molecule has 2 aromatic carbocycles. The summed E-state index contributed by atoms with van der Waals surface area (Å²) >= 11 is 5.79. The highest BCUT2D eigenvalue weighted by molar-refractivity contribution is 6.30. The molecule has 0 fully saturated rings. The molecule has 1 aromatic heterocycles. The number of nitrogens with one attached hydrogen (secondary N) is 1. The molecule has 3 aromatic rings. The number of nitrogens with zero attached hydrogens (tertiary/aromatic N) is 4. The molecule has 0 aliphatic heterocycles. The van der Waals surface area contributed by atoms with Gasteiger partial charge >= 0.3 is 11.9 Å². The van der Waals surface area contributed by atoms with E-state index >= 15 is 0 Å². The van der Waals surface area contributed by atoms with Gasteiger partial charge in [0.1, 0.15) is 5.75 Å². The zero-order chi connectivity index (χ0) is 21.9. The lowest BCUT2D eigenvalue weighted by Crippen LogP contribution is -2.16. The van der Waals surface area contributed by atoms with E-state index in [-0.39, 0.29) is 10.7 Å². The van der Waals surface area contributed by atoms with E-state index in [2.05, 4.69) is 15.5 Å². The smallest absolute Gasteiger partial charge is 0.452 e. The van der Waals surface area contributed by atoms with Crippen molar-refractivity contribution < 1.29 is 22.8 Å². The van der Waals surface area contributed by atoms with E-state index in [9.17, 15) is 23.3 Å². The van der Waals surface area contributed by atoms with Crippen LogP contribution in [-0.4, -0.2) is 26.8 Å². The standard InChI is InChI=1S/C18H13ClF3N5O3/c1-30-14-8-4-12(5-9-14)23-10-15(27(28)29)16-24-25-17(18(20,21)22)26(16)13-6-2-11(19)3-7-13/h2-10,23H,1H3/b15-10-. The number of rotatable bonds is 6. The Morgan fingerprint density at radius 1 is 1.17 bits per heavy atom. The number of anilines is 1. The highest BCUT2D eigenvalue weighted by atomic mass is 35.5. The molecule has 0 unspecified atom stereocenters. The van der Waals surface area contributed by atoms with Crippen LogP contribution < -0.4 is 10.1 Å². The van der Waals surface area contributed by atoms with Crippen LogP contribution in [0.3, 0.4) is 0 Å². The molecular weight excluding hydrogens is 427 g/mol. The number of nitro groups is 1. The number of aromatic nitrogens is 3. The molecule has 0 amide bonds. The number of hydrogen-bond donors (Lipinski definition) is 1. The van der Waals surface area contributed by atoms with Crippen LogP contribution in [0, 0.1) is 10.1 Å². The van der Waals surface area contributed by atoms with E-state index in [1.165, 1.54) is 31.4 Å².